The summed E-state index contributed by atoms with van der Waals surface area (Å²) in [6.07, 6.45) is 2.32. The van der Waals surface area contributed by atoms with Gasteiger partial charge in [-0.15, -0.1) is 0 Å². The van der Waals surface area contributed by atoms with Gasteiger partial charge in [0.2, 0.25) is 0 Å². The van der Waals surface area contributed by atoms with Crippen LogP contribution in [-0.2, 0) is 9.84 Å². The first-order chi connectivity index (χ1) is 5.79. The van der Waals surface area contributed by atoms with Crippen molar-refractivity contribution in [2.24, 2.45) is 0 Å². The Morgan fingerprint density at radius 2 is 1.38 bits per heavy atom. The Morgan fingerprint density at radius 1 is 1.08 bits per heavy atom. The number of aromatic hydroxyl groups is 1. The van der Waals surface area contributed by atoms with Crippen molar-refractivity contribution in [3.05, 3.63) is 29.8 Å². The minimum Gasteiger partial charge on any atom is -0.508 e. The summed E-state index contributed by atoms with van der Waals surface area (Å²) in [6.45, 7) is 1.99. The Kier molecular flexibility index (Phi) is 4.48. The number of phenolic OH excluding ortho intramolecular Hbond substituents is 1. The fraction of sp³-hybridized carbons (Fsp3) is 0.333. The molecular weight excluding hydrogens is 188 g/mol. The fourth-order valence-electron chi connectivity index (χ4n) is 0.545. The third-order valence-corrected chi connectivity index (χ3v) is 1.03. The van der Waals surface area contributed by atoms with Gasteiger partial charge in [0.05, 0.1) is 0 Å². The van der Waals surface area contributed by atoms with E-state index in [1.165, 1.54) is 5.56 Å². The van der Waals surface area contributed by atoms with Crippen LogP contribution in [0.5, 0.6) is 5.75 Å². The van der Waals surface area contributed by atoms with Gasteiger partial charge in [0.15, 0.2) is 0 Å². The molecule has 0 fully saturated rings. The molecule has 0 unspecified atom stereocenters. The first-order valence-electron chi connectivity index (χ1n) is 3.69. The molecule has 4 heteroatoms. The summed E-state index contributed by atoms with van der Waals surface area (Å²) in [6, 6.07) is 7.09. The lowest BCUT2D eigenvalue weighted by atomic mass is 10.2. The minimum absolute atomic E-state index is 0.329. The van der Waals surface area contributed by atoms with Gasteiger partial charge >= 0.3 is 0 Å². The average Bonchev–Trinajstić information content (AvgIpc) is 1.92. The maximum Gasteiger partial charge on any atom is 0.144 e. The molecule has 0 heterocycles. The molecule has 0 aliphatic carbocycles. The van der Waals surface area contributed by atoms with Crippen LogP contribution in [0.15, 0.2) is 24.3 Å². The molecule has 0 atom stereocenters. The Labute approximate surface area is 79.0 Å². The highest BCUT2D eigenvalue weighted by molar-refractivity contribution is 7.89. The molecule has 1 rings (SSSR count). The van der Waals surface area contributed by atoms with Crippen LogP contribution in [0.25, 0.3) is 0 Å². The topological polar surface area (TPSA) is 54.4 Å². The van der Waals surface area contributed by atoms with Gasteiger partial charge in [-0.05, 0) is 19.1 Å². The van der Waals surface area contributed by atoms with Crippen LogP contribution in [0.4, 0.5) is 0 Å². The maximum atomic E-state index is 9.63. The summed E-state index contributed by atoms with van der Waals surface area (Å²) in [5.74, 6) is 0.329. The van der Waals surface area contributed by atoms with Crippen molar-refractivity contribution in [2.75, 3.05) is 12.5 Å². The number of hydrogen-bond donors (Lipinski definition) is 1. The molecule has 0 saturated carbocycles. The highest BCUT2D eigenvalue weighted by Gasteiger charge is 1.82. The molecule has 13 heavy (non-hydrogen) atoms. The first kappa shape index (κ1) is 12.0. The van der Waals surface area contributed by atoms with E-state index in [1.807, 2.05) is 19.1 Å². The van der Waals surface area contributed by atoms with Crippen molar-refractivity contribution in [3.63, 3.8) is 0 Å². The van der Waals surface area contributed by atoms with E-state index in [0.29, 0.717) is 5.75 Å². The van der Waals surface area contributed by atoms with Crippen LogP contribution >= 0.6 is 0 Å². The van der Waals surface area contributed by atoms with Gasteiger partial charge in [-0.1, -0.05) is 17.7 Å². The molecule has 74 valence electrons. The van der Waals surface area contributed by atoms with Gasteiger partial charge in [-0.2, -0.15) is 0 Å². The van der Waals surface area contributed by atoms with Crippen LogP contribution in [-0.4, -0.2) is 26.0 Å². The minimum atomic E-state index is -2.67. The van der Waals surface area contributed by atoms with Crippen LogP contribution < -0.4 is 0 Å². The number of benzene rings is 1. The van der Waals surface area contributed by atoms with E-state index in [0.717, 1.165) is 12.5 Å². The van der Waals surface area contributed by atoms with Crippen LogP contribution in [0.1, 0.15) is 5.56 Å². The van der Waals surface area contributed by atoms with Crippen LogP contribution in [0, 0.1) is 6.92 Å². The number of phenols is 1. The summed E-state index contributed by atoms with van der Waals surface area (Å²) in [4.78, 5) is 0. The van der Waals surface area contributed by atoms with Gasteiger partial charge in [0, 0.05) is 12.5 Å². The zero-order chi connectivity index (χ0) is 10.5. The van der Waals surface area contributed by atoms with E-state index in [4.69, 9.17) is 5.11 Å². The van der Waals surface area contributed by atoms with Crippen LogP contribution in [0.3, 0.4) is 0 Å². The third-order valence-electron chi connectivity index (χ3n) is 1.03. The van der Waals surface area contributed by atoms with Gasteiger partial charge < -0.3 is 5.11 Å². The number of aryl methyl sites for hydroxylation is 1. The molecule has 0 saturated heterocycles. The number of sulfone groups is 1. The van der Waals surface area contributed by atoms with Crippen molar-refractivity contribution in [3.8, 4) is 5.75 Å². The van der Waals surface area contributed by atoms with E-state index in [9.17, 15) is 8.42 Å². The van der Waals surface area contributed by atoms with Gasteiger partial charge in [-0.25, -0.2) is 8.42 Å². The average molecular weight is 202 g/mol. The summed E-state index contributed by atoms with van der Waals surface area (Å²) >= 11 is 0. The van der Waals surface area contributed by atoms with E-state index < -0.39 is 9.84 Å². The van der Waals surface area contributed by atoms with Gasteiger partial charge in [0.25, 0.3) is 0 Å². The second-order valence-corrected chi connectivity index (χ2v) is 5.26. The van der Waals surface area contributed by atoms with Gasteiger partial charge in [-0.3, -0.25) is 0 Å². The molecule has 0 amide bonds. The second-order valence-electron chi connectivity index (χ2n) is 2.98. The maximum absolute atomic E-state index is 9.63. The zero-order valence-electron chi connectivity index (χ0n) is 7.98. The molecule has 3 nitrogen and oxygen atoms in total. The quantitative estimate of drug-likeness (QED) is 0.691. The SMILES string of the molecule is CS(C)(=O)=O.Cc1ccc(O)cc1. The van der Waals surface area contributed by atoms with E-state index in [1.54, 1.807) is 12.1 Å². The number of hydrogen-bond acceptors (Lipinski definition) is 3. The predicted molar refractivity (Wildman–Crippen MR) is 53.6 cm³/mol. The fourth-order valence-corrected chi connectivity index (χ4v) is 0.545. The highest BCUT2D eigenvalue weighted by atomic mass is 32.2. The lowest BCUT2D eigenvalue weighted by Gasteiger charge is -1.89. The summed E-state index contributed by atoms with van der Waals surface area (Å²) in [5, 5.41) is 8.76. The van der Waals surface area contributed by atoms with E-state index >= 15 is 0 Å². The molecule has 1 aromatic rings. The van der Waals surface area contributed by atoms with E-state index in [-0.39, 0.29) is 0 Å². The van der Waals surface area contributed by atoms with E-state index in [2.05, 4.69) is 0 Å². The zero-order valence-corrected chi connectivity index (χ0v) is 8.80. The standard InChI is InChI=1S/C7H8O.C2H6O2S/c1-6-2-4-7(8)5-3-6;1-5(2,3)4/h2-5,8H,1H3;1-2H3. The first-order valence-corrected chi connectivity index (χ1v) is 5.99. The largest absolute Gasteiger partial charge is 0.508 e. The van der Waals surface area contributed by atoms with Crippen molar-refractivity contribution >= 4 is 9.84 Å². The Bertz CT molecular complexity index is 309. The molecule has 0 radical (unpaired) electrons. The monoisotopic (exact) mass is 202 g/mol. The highest BCUT2D eigenvalue weighted by Crippen LogP contribution is 2.07. The molecule has 1 N–H and O–H groups in total. The Hall–Kier alpha value is -1.03. The lowest BCUT2D eigenvalue weighted by molar-refractivity contribution is 0.475. The molecule has 0 spiro atoms. The lowest BCUT2D eigenvalue weighted by Crippen LogP contribution is -1.86. The molecular formula is C9H14O3S. The summed E-state index contributed by atoms with van der Waals surface area (Å²) < 4.78 is 19.3. The van der Waals surface area contributed by atoms with Crippen LogP contribution in [0.2, 0.25) is 0 Å². The smallest absolute Gasteiger partial charge is 0.144 e. The Balaban J connectivity index is 0.000000252. The summed E-state index contributed by atoms with van der Waals surface area (Å²) in [5.41, 5.74) is 1.17. The second kappa shape index (κ2) is 4.87. The molecule has 1 aromatic carbocycles. The normalized spacial score (nSPS) is 10.1. The molecule has 0 aliphatic heterocycles. The van der Waals surface area contributed by atoms with Crippen molar-refractivity contribution in [1.82, 2.24) is 0 Å². The molecule has 0 aliphatic rings. The predicted octanol–water partition coefficient (Wildman–Crippen LogP) is 1.36. The molecule has 0 bridgehead atoms. The third kappa shape index (κ3) is 11.0. The van der Waals surface area contributed by atoms with Crippen molar-refractivity contribution < 1.29 is 13.5 Å². The Morgan fingerprint density at radius 3 is 1.62 bits per heavy atom. The van der Waals surface area contributed by atoms with Crippen molar-refractivity contribution in [2.45, 2.75) is 6.92 Å². The molecule has 0 aromatic heterocycles. The number of rotatable bonds is 0. The van der Waals surface area contributed by atoms with Crippen molar-refractivity contribution in [1.29, 1.82) is 0 Å². The summed E-state index contributed by atoms with van der Waals surface area (Å²) in [7, 11) is -2.67. The van der Waals surface area contributed by atoms with Gasteiger partial charge in [0.1, 0.15) is 15.6 Å².